The Morgan fingerprint density at radius 2 is 1.92 bits per heavy atom. The van der Waals surface area contributed by atoms with E-state index in [2.05, 4.69) is 21.7 Å². The number of hydrogen-bond donors (Lipinski definition) is 1. The minimum Gasteiger partial charge on any atom is -0.472 e. The van der Waals surface area contributed by atoms with Crippen LogP contribution in [0.15, 0.2) is 64.5 Å². The van der Waals surface area contributed by atoms with E-state index in [-0.39, 0.29) is 6.61 Å². The fourth-order valence-corrected chi connectivity index (χ4v) is 5.42. The highest BCUT2D eigenvalue weighted by molar-refractivity contribution is 7.99. The van der Waals surface area contributed by atoms with E-state index in [1.165, 1.54) is 24.6 Å². The van der Waals surface area contributed by atoms with E-state index in [9.17, 15) is 9.59 Å². The van der Waals surface area contributed by atoms with Gasteiger partial charge in [0.05, 0.1) is 11.1 Å². The number of benzene rings is 2. The molecule has 1 aliphatic carbocycles. The Kier molecular flexibility index (Phi) is 7.71. The molecule has 9 heteroatoms. The van der Waals surface area contributed by atoms with E-state index in [1.807, 2.05) is 30.3 Å². The number of ether oxygens (including phenoxy) is 1. The second-order valence-electron chi connectivity index (χ2n) is 9.58. The van der Waals surface area contributed by atoms with E-state index in [0.717, 1.165) is 53.7 Å². The van der Waals surface area contributed by atoms with E-state index >= 15 is 0 Å². The summed E-state index contributed by atoms with van der Waals surface area (Å²) in [5.41, 5.74) is 7.31. The van der Waals surface area contributed by atoms with Gasteiger partial charge in [0.1, 0.15) is 12.9 Å². The smallest absolute Gasteiger partial charge is 0.248 e. The summed E-state index contributed by atoms with van der Waals surface area (Å²) in [6.07, 6.45) is 5.33. The van der Waals surface area contributed by atoms with Crippen LogP contribution >= 0.6 is 11.8 Å². The SMILES string of the molecule is C[C@H](C1CC1)N1CCN(c2ncc(Sc3ccc(C(N)=O)cc3)c(OCc3cccc(C=O)c3)n2)CC1. The molecule has 1 aromatic heterocycles. The van der Waals surface area contributed by atoms with Crippen LogP contribution in [-0.4, -0.2) is 59.3 Å². The molecule has 1 aliphatic heterocycles. The Hall–Kier alpha value is -3.43. The maximum Gasteiger partial charge on any atom is 0.248 e. The summed E-state index contributed by atoms with van der Waals surface area (Å²) in [7, 11) is 0. The number of nitrogens with two attached hydrogens (primary N) is 1. The van der Waals surface area contributed by atoms with Gasteiger partial charge in [0.15, 0.2) is 0 Å². The fraction of sp³-hybridized carbons (Fsp3) is 0.357. The molecule has 0 spiro atoms. The lowest BCUT2D eigenvalue weighted by Gasteiger charge is -2.38. The Morgan fingerprint density at radius 1 is 1.16 bits per heavy atom. The quantitative estimate of drug-likeness (QED) is 0.402. The van der Waals surface area contributed by atoms with Gasteiger partial charge in [-0.3, -0.25) is 14.5 Å². The van der Waals surface area contributed by atoms with Crippen molar-refractivity contribution in [3.05, 3.63) is 71.4 Å². The molecule has 1 amide bonds. The van der Waals surface area contributed by atoms with Crippen molar-refractivity contribution in [1.82, 2.24) is 14.9 Å². The summed E-state index contributed by atoms with van der Waals surface area (Å²) in [5.74, 6) is 1.54. The number of hydrogen-bond acceptors (Lipinski definition) is 8. The van der Waals surface area contributed by atoms with Crippen molar-refractivity contribution in [1.29, 1.82) is 0 Å². The molecule has 0 unspecified atom stereocenters. The molecule has 3 aromatic rings. The van der Waals surface area contributed by atoms with Crippen molar-refractivity contribution in [2.45, 2.75) is 42.2 Å². The van der Waals surface area contributed by atoms with Crippen LogP contribution in [0.5, 0.6) is 5.88 Å². The number of primary amides is 1. The zero-order valence-electron chi connectivity index (χ0n) is 20.9. The van der Waals surface area contributed by atoms with Crippen LogP contribution in [0.4, 0.5) is 5.95 Å². The van der Waals surface area contributed by atoms with Gasteiger partial charge in [0.25, 0.3) is 0 Å². The van der Waals surface area contributed by atoms with E-state index in [0.29, 0.717) is 29.0 Å². The van der Waals surface area contributed by atoms with Crippen molar-refractivity contribution in [2.75, 3.05) is 31.1 Å². The second-order valence-corrected chi connectivity index (χ2v) is 10.7. The summed E-state index contributed by atoms with van der Waals surface area (Å²) in [4.78, 5) is 38.6. The first-order valence-electron chi connectivity index (χ1n) is 12.6. The molecule has 5 rings (SSSR count). The summed E-state index contributed by atoms with van der Waals surface area (Å²) < 4.78 is 6.19. The van der Waals surface area contributed by atoms with Gasteiger partial charge in [-0.05, 0) is 61.6 Å². The Morgan fingerprint density at radius 3 is 2.59 bits per heavy atom. The maximum absolute atomic E-state index is 11.4. The largest absolute Gasteiger partial charge is 0.472 e. The van der Waals surface area contributed by atoms with E-state index in [4.69, 9.17) is 15.5 Å². The van der Waals surface area contributed by atoms with Gasteiger partial charge in [0.2, 0.25) is 17.7 Å². The lowest BCUT2D eigenvalue weighted by molar-refractivity contribution is 0.0999. The average molecular weight is 518 g/mol. The summed E-state index contributed by atoms with van der Waals surface area (Å²) in [6, 6.07) is 15.1. The van der Waals surface area contributed by atoms with Crippen molar-refractivity contribution in [3.8, 4) is 5.88 Å². The number of piperazine rings is 1. The van der Waals surface area contributed by atoms with Gasteiger partial charge in [0, 0.05) is 48.2 Å². The number of aldehydes is 1. The molecular formula is C28H31N5O3S. The molecule has 2 aromatic carbocycles. The van der Waals surface area contributed by atoms with Gasteiger partial charge in [-0.25, -0.2) is 4.98 Å². The minimum atomic E-state index is -0.461. The molecule has 1 atom stereocenters. The van der Waals surface area contributed by atoms with Crippen LogP contribution in [-0.2, 0) is 6.61 Å². The number of aromatic nitrogens is 2. The number of anilines is 1. The Balaban J connectivity index is 1.34. The molecule has 2 aliphatic rings. The first kappa shape index (κ1) is 25.2. The van der Waals surface area contributed by atoms with Crippen LogP contribution in [0.25, 0.3) is 0 Å². The second kappa shape index (κ2) is 11.3. The molecular weight excluding hydrogens is 486 g/mol. The van der Waals surface area contributed by atoms with Crippen LogP contribution in [0.2, 0.25) is 0 Å². The molecule has 1 saturated carbocycles. The predicted octanol–water partition coefficient (Wildman–Crippen LogP) is 4.04. The highest BCUT2D eigenvalue weighted by Crippen LogP contribution is 2.37. The van der Waals surface area contributed by atoms with Crippen LogP contribution in [0.3, 0.4) is 0 Å². The third kappa shape index (κ3) is 6.29. The molecule has 1 saturated heterocycles. The fourth-order valence-electron chi connectivity index (χ4n) is 4.60. The van der Waals surface area contributed by atoms with Crippen molar-refractivity contribution in [2.24, 2.45) is 11.7 Å². The summed E-state index contributed by atoms with van der Waals surface area (Å²) >= 11 is 1.46. The van der Waals surface area contributed by atoms with Crippen LogP contribution in [0.1, 0.15) is 46.0 Å². The average Bonchev–Trinajstić information content (AvgIpc) is 3.78. The topological polar surface area (TPSA) is 102 Å². The molecule has 0 bridgehead atoms. The van der Waals surface area contributed by atoms with Gasteiger partial charge in [-0.2, -0.15) is 4.98 Å². The molecule has 2 fully saturated rings. The Bertz CT molecular complexity index is 1260. The number of rotatable bonds is 10. The lowest BCUT2D eigenvalue weighted by Crippen LogP contribution is -2.50. The third-order valence-corrected chi connectivity index (χ3v) is 8.02. The van der Waals surface area contributed by atoms with Gasteiger partial charge >= 0.3 is 0 Å². The highest BCUT2D eigenvalue weighted by Gasteiger charge is 2.33. The number of amides is 1. The minimum absolute atomic E-state index is 0.277. The van der Waals surface area contributed by atoms with Crippen LogP contribution in [0, 0.1) is 5.92 Å². The molecule has 37 heavy (non-hydrogen) atoms. The third-order valence-electron chi connectivity index (χ3n) is 7.02. The summed E-state index contributed by atoms with van der Waals surface area (Å²) in [5, 5.41) is 0. The molecule has 8 nitrogen and oxygen atoms in total. The normalized spacial score (nSPS) is 16.8. The highest BCUT2D eigenvalue weighted by atomic mass is 32.2. The first-order valence-corrected chi connectivity index (χ1v) is 13.4. The number of carbonyl (C=O) groups is 2. The standard InChI is InChI=1S/C28H31N5O3S/c1-19(22-5-6-22)32-11-13-33(14-12-32)28-30-16-25(37-24-9-7-23(8-10-24)26(29)35)27(31-28)36-18-21-4-2-3-20(15-21)17-34/h2-4,7-10,15-17,19,22H,5-6,11-14,18H2,1H3,(H2,29,35)/t19-/m1/s1. The number of nitrogens with zero attached hydrogens (tertiary/aromatic N) is 4. The van der Waals surface area contributed by atoms with Gasteiger partial charge in [-0.15, -0.1) is 0 Å². The van der Waals surface area contributed by atoms with Gasteiger partial charge < -0.3 is 15.4 Å². The first-order chi connectivity index (χ1) is 18.0. The Labute approximate surface area is 221 Å². The monoisotopic (exact) mass is 517 g/mol. The van der Waals surface area contributed by atoms with E-state index < -0.39 is 5.91 Å². The lowest BCUT2D eigenvalue weighted by atomic mass is 10.1. The van der Waals surface area contributed by atoms with Gasteiger partial charge in [-0.1, -0.05) is 30.0 Å². The van der Waals surface area contributed by atoms with E-state index in [1.54, 1.807) is 24.4 Å². The maximum atomic E-state index is 11.4. The number of carbonyl (C=O) groups excluding carboxylic acids is 2. The van der Waals surface area contributed by atoms with Crippen LogP contribution < -0.4 is 15.4 Å². The van der Waals surface area contributed by atoms with Crippen molar-refractivity contribution in [3.63, 3.8) is 0 Å². The zero-order chi connectivity index (χ0) is 25.8. The molecule has 2 N–H and O–H groups in total. The van der Waals surface area contributed by atoms with Crippen molar-refractivity contribution < 1.29 is 14.3 Å². The predicted molar refractivity (Wildman–Crippen MR) is 143 cm³/mol. The molecule has 0 radical (unpaired) electrons. The van der Waals surface area contributed by atoms with Crippen molar-refractivity contribution >= 4 is 29.9 Å². The summed E-state index contributed by atoms with van der Waals surface area (Å²) in [6.45, 7) is 6.37. The molecule has 2 heterocycles. The zero-order valence-corrected chi connectivity index (χ0v) is 21.7. The molecule has 192 valence electrons.